The molecule has 0 unspecified atom stereocenters. The minimum atomic E-state index is -4.51. The van der Waals surface area contributed by atoms with Crippen LogP contribution in [0.1, 0.15) is 55.6 Å². The number of carbonyl (C=O) groups is 1. The number of aryl methyl sites for hydroxylation is 2. The molecule has 8 heteroatoms. The van der Waals surface area contributed by atoms with Gasteiger partial charge < -0.3 is 4.74 Å². The molecule has 0 saturated heterocycles. The van der Waals surface area contributed by atoms with Gasteiger partial charge in [0.05, 0.1) is 17.9 Å². The van der Waals surface area contributed by atoms with Crippen LogP contribution in [0.3, 0.4) is 0 Å². The lowest BCUT2D eigenvalue weighted by atomic mass is 10.2. The van der Waals surface area contributed by atoms with Crippen LogP contribution >= 0.6 is 0 Å². The Kier molecular flexibility index (Phi) is 8.32. The largest absolute Gasteiger partial charge is 0.461 e. The molecule has 0 spiro atoms. The Bertz CT molecular complexity index is 710. The highest BCUT2D eigenvalue weighted by molar-refractivity contribution is 5.88. The lowest BCUT2D eigenvalue weighted by Gasteiger charge is -2.11. The van der Waals surface area contributed by atoms with E-state index in [0.29, 0.717) is 5.69 Å². The molecule has 0 aliphatic heterocycles. The molecule has 2 aromatic rings. The van der Waals surface area contributed by atoms with E-state index in [-0.39, 0.29) is 31.2 Å². The Morgan fingerprint density at radius 3 is 2.28 bits per heavy atom. The molecule has 0 saturated carbocycles. The molecule has 0 fully saturated rings. The van der Waals surface area contributed by atoms with Gasteiger partial charge in [0, 0.05) is 5.69 Å². The Balaban J connectivity index is 0.00000185. The molecular formula is C17H24F3N3O2. The summed E-state index contributed by atoms with van der Waals surface area (Å²) in [5.41, 5.74) is -0.170. The highest BCUT2D eigenvalue weighted by Crippen LogP contribution is 2.30. The van der Waals surface area contributed by atoms with E-state index in [4.69, 9.17) is 4.74 Å². The second-order valence-corrected chi connectivity index (χ2v) is 4.66. The molecule has 2 heterocycles. The first-order chi connectivity index (χ1) is 11.2. The molecule has 25 heavy (non-hydrogen) atoms. The summed E-state index contributed by atoms with van der Waals surface area (Å²) in [4.78, 5) is 15.9. The molecule has 0 N–H and O–H groups in total. The van der Waals surface area contributed by atoms with Crippen LogP contribution in [-0.4, -0.2) is 27.3 Å². The van der Waals surface area contributed by atoms with Crippen molar-refractivity contribution in [3.05, 3.63) is 40.8 Å². The van der Waals surface area contributed by atoms with Crippen molar-refractivity contribution in [1.29, 1.82) is 0 Å². The molecule has 2 rings (SSSR count). The third-order valence-electron chi connectivity index (χ3n) is 2.80. The van der Waals surface area contributed by atoms with Crippen molar-refractivity contribution in [3.8, 4) is 5.82 Å². The minimum Gasteiger partial charge on any atom is -0.461 e. The van der Waals surface area contributed by atoms with Gasteiger partial charge in [-0.05, 0) is 39.0 Å². The SMILES string of the molecule is C.CC.CCOC(=O)c1cc(C)nn1-c1cc(C(F)(F)F)cc(C)n1. The summed E-state index contributed by atoms with van der Waals surface area (Å²) >= 11 is 0. The summed E-state index contributed by atoms with van der Waals surface area (Å²) in [6.07, 6.45) is -4.51. The fourth-order valence-electron chi connectivity index (χ4n) is 1.95. The summed E-state index contributed by atoms with van der Waals surface area (Å²) in [6.45, 7) is 8.86. The monoisotopic (exact) mass is 359 g/mol. The van der Waals surface area contributed by atoms with Gasteiger partial charge in [-0.15, -0.1) is 0 Å². The molecule has 0 bridgehead atoms. The Morgan fingerprint density at radius 1 is 1.16 bits per heavy atom. The number of hydrogen-bond acceptors (Lipinski definition) is 4. The first-order valence-electron chi connectivity index (χ1n) is 7.52. The van der Waals surface area contributed by atoms with Crippen LogP contribution in [0.4, 0.5) is 13.2 Å². The molecule has 2 aromatic heterocycles. The number of halogens is 3. The second-order valence-electron chi connectivity index (χ2n) is 4.66. The number of rotatable bonds is 3. The Hall–Kier alpha value is -2.38. The number of pyridine rings is 1. The van der Waals surface area contributed by atoms with Gasteiger partial charge in [-0.2, -0.15) is 18.3 Å². The van der Waals surface area contributed by atoms with E-state index in [2.05, 4.69) is 10.1 Å². The van der Waals surface area contributed by atoms with Crippen LogP contribution in [-0.2, 0) is 10.9 Å². The topological polar surface area (TPSA) is 57.0 Å². The van der Waals surface area contributed by atoms with Crippen LogP contribution < -0.4 is 0 Å². The predicted molar refractivity (Wildman–Crippen MR) is 89.9 cm³/mol. The third kappa shape index (κ3) is 5.58. The zero-order valence-corrected chi connectivity index (χ0v) is 14.2. The number of ether oxygens (including phenoxy) is 1. The van der Waals surface area contributed by atoms with Crippen molar-refractivity contribution < 1.29 is 22.7 Å². The van der Waals surface area contributed by atoms with Crippen molar-refractivity contribution in [1.82, 2.24) is 14.8 Å². The van der Waals surface area contributed by atoms with Crippen molar-refractivity contribution in [2.45, 2.75) is 48.2 Å². The fraction of sp³-hybridized carbons (Fsp3) is 0.471. The summed E-state index contributed by atoms with van der Waals surface area (Å²) in [7, 11) is 0. The third-order valence-corrected chi connectivity index (χ3v) is 2.80. The Labute approximate surface area is 145 Å². The first kappa shape index (κ1) is 22.6. The molecule has 5 nitrogen and oxygen atoms in total. The molecule has 0 aromatic carbocycles. The van der Waals surface area contributed by atoms with E-state index in [1.165, 1.54) is 13.0 Å². The van der Waals surface area contributed by atoms with Crippen LogP contribution in [0.2, 0.25) is 0 Å². The van der Waals surface area contributed by atoms with E-state index in [0.717, 1.165) is 16.8 Å². The maximum Gasteiger partial charge on any atom is 0.416 e. The zero-order valence-electron chi connectivity index (χ0n) is 14.2. The van der Waals surface area contributed by atoms with Crippen molar-refractivity contribution in [2.24, 2.45) is 0 Å². The summed E-state index contributed by atoms with van der Waals surface area (Å²) in [5, 5.41) is 4.03. The summed E-state index contributed by atoms with van der Waals surface area (Å²) in [6, 6.07) is 3.22. The van der Waals surface area contributed by atoms with Gasteiger partial charge in [-0.1, -0.05) is 21.3 Å². The van der Waals surface area contributed by atoms with E-state index >= 15 is 0 Å². The van der Waals surface area contributed by atoms with Crippen molar-refractivity contribution in [3.63, 3.8) is 0 Å². The standard InChI is InChI=1S/C14H14F3N3O2.C2H6.CH4/c1-4-22-13(21)11-6-9(3)19-20(11)12-7-10(14(15,16)17)5-8(2)18-12;1-2;/h5-7H,4H2,1-3H3;1-2H3;1H4. The van der Waals surface area contributed by atoms with Crippen LogP contribution in [0.5, 0.6) is 0 Å². The highest BCUT2D eigenvalue weighted by atomic mass is 19.4. The number of alkyl halides is 3. The normalized spacial score (nSPS) is 10.4. The van der Waals surface area contributed by atoms with Crippen LogP contribution in [0, 0.1) is 13.8 Å². The van der Waals surface area contributed by atoms with Gasteiger partial charge >= 0.3 is 12.1 Å². The number of nitrogens with zero attached hydrogens (tertiary/aromatic N) is 3. The first-order valence-corrected chi connectivity index (χ1v) is 7.52. The van der Waals surface area contributed by atoms with Crippen LogP contribution in [0.25, 0.3) is 5.82 Å². The molecular weight excluding hydrogens is 335 g/mol. The molecule has 140 valence electrons. The molecule has 0 aliphatic carbocycles. The molecule has 0 aliphatic rings. The molecule has 0 radical (unpaired) electrons. The molecule has 0 atom stereocenters. The average Bonchev–Trinajstić information content (AvgIpc) is 2.90. The number of hydrogen-bond donors (Lipinski definition) is 0. The number of aromatic nitrogens is 3. The van der Waals surface area contributed by atoms with Gasteiger partial charge in [0.25, 0.3) is 0 Å². The lowest BCUT2D eigenvalue weighted by Crippen LogP contribution is -2.15. The summed E-state index contributed by atoms with van der Waals surface area (Å²) < 4.78 is 44.6. The Morgan fingerprint density at radius 2 is 1.76 bits per heavy atom. The van der Waals surface area contributed by atoms with Gasteiger partial charge in [0.2, 0.25) is 0 Å². The van der Waals surface area contributed by atoms with E-state index in [9.17, 15) is 18.0 Å². The van der Waals surface area contributed by atoms with E-state index in [1.807, 2.05) is 13.8 Å². The van der Waals surface area contributed by atoms with Gasteiger partial charge in [-0.3, -0.25) is 0 Å². The maximum absolute atomic E-state index is 12.9. The van der Waals surface area contributed by atoms with Gasteiger partial charge in [0.15, 0.2) is 11.5 Å². The second kappa shape index (κ2) is 9.19. The van der Waals surface area contributed by atoms with Crippen LogP contribution in [0.15, 0.2) is 18.2 Å². The smallest absolute Gasteiger partial charge is 0.416 e. The zero-order chi connectivity index (χ0) is 18.5. The van der Waals surface area contributed by atoms with Gasteiger partial charge in [0.1, 0.15) is 0 Å². The maximum atomic E-state index is 12.9. The predicted octanol–water partition coefficient (Wildman–Crippen LogP) is 4.74. The van der Waals surface area contributed by atoms with Crippen molar-refractivity contribution >= 4 is 5.97 Å². The fourth-order valence-corrected chi connectivity index (χ4v) is 1.95. The minimum absolute atomic E-state index is 0. The number of esters is 1. The van der Waals surface area contributed by atoms with E-state index < -0.39 is 17.7 Å². The lowest BCUT2D eigenvalue weighted by molar-refractivity contribution is -0.137. The summed E-state index contributed by atoms with van der Waals surface area (Å²) in [5.74, 6) is -0.747. The highest BCUT2D eigenvalue weighted by Gasteiger charge is 2.32. The van der Waals surface area contributed by atoms with E-state index in [1.54, 1.807) is 13.8 Å². The van der Waals surface area contributed by atoms with Gasteiger partial charge in [-0.25, -0.2) is 14.5 Å². The van der Waals surface area contributed by atoms with Crippen molar-refractivity contribution in [2.75, 3.05) is 6.61 Å². The number of carbonyl (C=O) groups excluding carboxylic acids is 1. The quantitative estimate of drug-likeness (QED) is 0.743. The average molecular weight is 359 g/mol. The molecule has 0 amide bonds.